The molecule has 1 aliphatic rings. The lowest BCUT2D eigenvalue weighted by Gasteiger charge is -2.16. The van der Waals surface area contributed by atoms with Crippen molar-refractivity contribution < 1.29 is 19.2 Å². The molecule has 0 unspecified atom stereocenters. The summed E-state index contributed by atoms with van der Waals surface area (Å²) in [5.41, 5.74) is 1.80. The van der Waals surface area contributed by atoms with Crippen molar-refractivity contribution in [3.05, 3.63) is 96.9 Å². The largest absolute Gasteiger partial charge is 0.493 e. The van der Waals surface area contributed by atoms with Crippen molar-refractivity contribution in [3.8, 4) is 11.5 Å². The molecule has 178 valence electrons. The third-order valence-corrected chi connectivity index (χ3v) is 6.79. The van der Waals surface area contributed by atoms with Crippen LogP contribution < -0.4 is 14.4 Å². The van der Waals surface area contributed by atoms with E-state index in [0.29, 0.717) is 47.6 Å². The van der Waals surface area contributed by atoms with E-state index in [2.05, 4.69) is 0 Å². The summed E-state index contributed by atoms with van der Waals surface area (Å²) in [6, 6.07) is 16.3. The van der Waals surface area contributed by atoms with Gasteiger partial charge in [0.2, 0.25) is 0 Å². The maximum absolute atomic E-state index is 13.1. The van der Waals surface area contributed by atoms with Crippen molar-refractivity contribution in [3.63, 3.8) is 0 Å². The first kappa shape index (κ1) is 25.0. The van der Waals surface area contributed by atoms with E-state index >= 15 is 0 Å². The zero-order valence-electron chi connectivity index (χ0n) is 18.1. The van der Waals surface area contributed by atoms with Crippen LogP contribution in [-0.2, 0) is 11.4 Å². The number of amides is 1. The van der Waals surface area contributed by atoms with Gasteiger partial charge >= 0.3 is 0 Å². The molecule has 0 bridgehead atoms. The summed E-state index contributed by atoms with van der Waals surface area (Å²) < 4.78 is 11.6. The Kier molecular flexibility index (Phi) is 7.61. The Bertz CT molecular complexity index is 1380. The molecular weight excluding hydrogens is 531 g/mol. The van der Waals surface area contributed by atoms with Crippen LogP contribution in [0.5, 0.6) is 11.5 Å². The zero-order valence-corrected chi connectivity index (χ0v) is 21.2. The minimum atomic E-state index is -0.456. The number of nitrogens with zero attached hydrogens (tertiary/aromatic N) is 2. The molecule has 0 spiro atoms. The Labute approximate surface area is 220 Å². The summed E-state index contributed by atoms with van der Waals surface area (Å²) in [7, 11) is 1.50. The molecule has 0 aromatic heterocycles. The molecule has 1 saturated heterocycles. The normalized spacial score (nSPS) is 14.5. The van der Waals surface area contributed by atoms with Crippen LogP contribution in [0, 0.1) is 10.1 Å². The number of thioether (sulfide) groups is 1. The van der Waals surface area contributed by atoms with E-state index in [9.17, 15) is 14.9 Å². The molecule has 1 fully saturated rings. The number of methoxy groups -OCH3 is 1. The molecular formula is C24H16Cl2N2O5S2. The van der Waals surface area contributed by atoms with Crippen molar-refractivity contribution in [1.82, 2.24) is 0 Å². The van der Waals surface area contributed by atoms with Crippen molar-refractivity contribution in [2.75, 3.05) is 12.0 Å². The van der Waals surface area contributed by atoms with Gasteiger partial charge in [-0.25, -0.2) is 0 Å². The molecule has 1 heterocycles. The highest BCUT2D eigenvalue weighted by Crippen LogP contribution is 2.40. The molecule has 11 heteroatoms. The van der Waals surface area contributed by atoms with Gasteiger partial charge in [0.25, 0.3) is 11.6 Å². The van der Waals surface area contributed by atoms with E-state index in [1.807, 2.05) is 0 Å². The zero-order chi connectivity index (χ0) is 25.1. The SMILES string of the molecule is COc1cc(/C=C2\SC(=S)N(c3ccc(Cl)cc3Cl)C2=O)ccc1OCc1cccc([N+](=O)[O-])c1. The Morgan fingerprint density at radius 2 is 1.91 bits per heavy atom. The molecule has 0 radical (unpaired) electrons. The second-order valence-corrected chi connectivity index (χ2v) is 9.76. The van der Waals surface area contributed by atoms with Crippen molar-refractivity contribution >= 4 is 74.9 Å². The number of rotatable bonds is 7. The first-order valence-corrected chi connectivity index (χ1v) is 12.0. The summed E-state index contributed by atoms with van der Waals surface area (Å²) in [5.74, 6) is 0.603. The average Bonchev–Trinajstić information content (AvgIpc) is 3.11. The number of carbonyl (C=O) groups excluding carboxylic acids is 1. The second-order valence-electron chi connectivity index (χ2n) is 7.24. The maximum atomic E-state index is 13.1. The van der Waals surface area contributed by atoms with E-state index in [1.54, 1.807) is 54.6 Å². The van der Waals surface area contributed by atoms with Crippen LogP contribution in [0.25, 0.3) is 6.08 Å². The standard InChI is InChI=1S/C24H16Cl2N2O5S2/c1-32-21-10-14(5-8-20(21)33-13-15-3-2-4-17(9-15)28(30)31)11-22-23(29)27(24(34)35-22)19-7-6-16(25)12-18(19)26/h2-12H,13H2,1H3/b22-11-. The molecule has 4 rings (SSSR count). The molecule has 0 saturated carbocycles. The summed E-state index contributed by atoms with van der Waals surface area (Å²) in [6.45, 7) is 0.123. The monoisotopic (exact) mass is 546 g/mol. The fraction of sp³-hybridized carbons (Fsp3) is 0.0833. The molecule has 0 N–H and O–H groups in total. The van der Waals surface area contributed by atoms with Gasteiger partial charge in [-0.05, 0) is 47.5 Å². The van der Waals surface area contributed by atoms with Crippen LogP contribution in [-0.4, -0.2) is 22.3 Å². The number of nitro groups is 1. The van der Waals surface area contributed by atoms with Gasteiger partial charge in [-0.2, -0.15) is 0 Å². The number of carbonyl (C=O) groups is 1. The molecule has 35 heavy (non-hydrogen) atoms. The average molecular weight is 547 g/mol. The van der Waals surface area contributed by atoms with E-state index in [1.165, 1.54) is 24.1 Å². The van der Waals surface area contributed by atoms with Crippen molar-refractivity contribution in [2.45, 2.75) is 6.61 Å². The first-order valence-electron chi connectivity index (χ1n) is 10.0. The predicted octanol–water partition coefficient (Wildman–Crippen LogP) is 6.90. The lowest BCUT2D eigenvalue weighted by atomic mass is 10.1. The minimum absolute atomic E-state index is 0.00869. The highest BCUT2D eigenvalue weighted by Gasteiger charge is 2.34. The number of ether oxygens (including phenoxy) is 2. The summed E-state index contributed by atoms with van der Waals surface area (Å²) in [4.78, 5) is 25.4. The van der Waals surface area contributed by atoms with E-state index < -0.39 is 4.92 Å². The van der Waals surface area contributed by atoms with Gasteiger partial charge in [0.1, 0.15) is 6.61 Å². The van der Waals surface area contributed by atoms with Crippen LogP contribution in [0.2, 0.25) is 10.0 Å². The number of hydrogen-bond acceptors (Lipinski definition) is 7. The van der Waals surface area contributed by atoms with Crippen molar-refractivity contribution in [1.29, 1.82) is 0 Å². The third kappa shape index (κ3) is 5.59. The summed E-state index contributed by atoms with van der Waals surface area (Å²) in [6.07, 6.45) is 1.70. The smallest absolute Gasteiger partial charge is 0.270 e. The fourth-order valence-electron chi connectivity index (χ4n) is 3.30. The second kappa shape index (κ2) is 10.7. The van der Waals surface area contributed by atoms with E-state index in [0.717, 1.165) is 11.8 Å². The number of thiocarbonyl (C=S) groups is 1. The van der Waals surface area contributed by atoms with Gasteiger partial charge in [-0.1, -0.05) is 65.4 Å². The number of benzene rings is 3. The summed E-state index contributed by atoms with van der Waals surface area (Å²) >= 11 is 18.8. The predicted molar refractivity (Wildman–Crippen MR) is 143 cm³/mol. The lowest BCUT2D eigenvalue weighted by molar-refractivity contribution is -0.384. The van der Waals surface area contributed by atoms with Crippen LogP contribution in [0.4, 0.5) is 11.4 Å². The van der Waals surface area contributed by atoms with Crippen LogP contribution in [0.1, 0.15) is 11.1 Å². The number of anilines is 1. The molecule has 0 aliphatic carbocycles. The van der Waals surface area contributed by atoms with E-state index in [4.69, 9.17) is 44.9 Å². The third-order valence-electron chi connectivity index (χ3n) is 4.95. The van der Waals surface area contributed by atoms with Gasteiger partial charge in [0, 0.05) is 17.2 Å². The lowest BCUT2D eigenvalue weighted by Crippen LogP contribution is -2.27. The highest BCUT2D eigenvalue weighted by molar-refractivity contribution is 8.27. The molecule has 3 aromatic rings. The molecule has 0 atom stereocenters. The Morgan fingerprint density at radius 3 is 2.63 bits per heavy atom. The van der Waals surface area contributed by atoms with Crippen LogP contribution >= 0.6 is 47.2 Å². The quantitative estimate of drug-likeness (QED) is 0.138. The van der Waals surface area contributed by atoms with Crippen LogP contribution in [0.15, 0.2) is 65.6 Å². The number of halogens is 2. The first-order chi connectivity index (χ1) is 16.8. The molecule has 7 nitrogen and oxygen atoms in total. The maximum Gasteiger partial charge on any atom is 0.270 e. The Hall–Kier alpha value is -3.11. The fourth-order valence-corrected chi connectivity index (χ4v) is 5.08. The highest BCUT2D eigenvalue weighted by atomic mass is 35.5. The number of hydrogen-bond donors (Lipinski definition) is 0. The van der Waals surface area contributed by atoms with Gasteiger partial charge in [-0.3, -0.25) is 19.8 Å². The number of non-ortho nitro benzene ring substituents is 1. The topological polar surface area (TPSA) is 81.9 Å². The molecule has 1 amide bonds. The van der Waals surface area contributed by atoms with Gasteiger partial charge in [0.05, 0.1) is 27.6 Å². The number of nitro benzene ring substituents is 1. The van der Waals surface area contributed by atoms with Gasteiger partial charge in [-0.15, -0.1) is 0 Å². The minimum Gasteiger partial charge on any atom is -0.493 e. The van der Waals surface area contributed by atoms with Crippen molar-refractivity contribution in [2.24, 2.45) is 0 Å². The van der Waals surface area contributed by atoms with Crippen LogP contribution in [0.3, 0.4) is 0 Å². The Morgan fingerprint density at radius 1 is 1.11 bits per heavy atom. The summed E-state index contributed by atoms with van der Waals surface area (Å²) in [5, 5.41) is 11.8. The van der Waals surface area contributed by atoms with Gasteiger partial charge < -0.3 is 9.47 Å². The van der Waals surface area contributed by atoms with E-state index in [-0.39, 0.29) is 18.2 Å². The molecule has 3 aromatic carbocycles. The van der Waals surface area contributed by atoms with Gasteiger partial charge in [0.15, 0.2) is 15.8 Å². The molecule has 1 aliphatic heterocycles. The Balaban J connectivity index is 1.53.